The van der Waals surface area contributed by atoms with E-state index < -0.39 is 11.4 Å². The van der Waals surface area contributed by atoms with Crippen LogP contribution in [-0.2, 0) is 15.1 Å². The van der Waals surface area contributed by atoms with Crippen LogP contribution in [0.3, 0.4) is 0 Å². The Balaban J connectivity index is 1.65. The molecule has 8 heteroatoms. The fraction of sp³-hybridized carbons (Fsp3) is 0.353. The van der Waals surface area contributed by atoms with Gasteiger partial charge in [0.2, 0.25) is 5.89 Å². The van der Waals surface area contributed by atoms with Crippen molar-refractivity contribution in [1.29, 1.82) is 0 Å². The second-order valence-corrected chi connectivity index (χ2v) is 5.76. The van der Waals surface area contributed by atoms with Crippen molar-refractivity contribution in [2.24, 2.45) is 0 Å². The van der Waals surface area contributed by atoms with E-state index in [9.17, 15) is 4.39 Å². The van der Waals surface area contributed by atoms with Crippen molar-refractivity contribution in [3.8, 4) is 17.1 Å². The van der Waals surface area contributed by atoms with Crippen LogP contribution in [0.15, 0.2) is 41.1 Å². The molecule has 0 N–H and O–H groups in total. The summed E-state index contributed by atoms with van der Waals surface area (Å²) in [7, 11) is 0. The van der Waals surface area contributed by atoms with Crippen molar-refractivity contribution in [3.05, 3.63) is 48.4 Å². The summed E-state index contributed by atoms with van der Waals surface area (Å²) in [4.78, 5) is 0. The van der Waals surface area contributed by atoms with Gasteiger partial charge in [-0.25, -0.2) is 9.07 Å². The molecular formula is C17H17FN4O3. The van der Waals surface area contributed by atoms with Crippen LogP contribution in [0.25, 0.3) is 17.1 Å². The standard InChI is InChI=1S/C17H17FN4O3/c1-2-24-17(6-9-23-11-17)16-21-20-15(25-16)12-4-5-14(13(18)10-12)22-8-3-7-19-22/h3-5,7-8,10H,2,6,9,11H2,1H3. The Morgan fingerprint density at radius 2 is 2.28 bits per heavy atom. The smallest absolute Gasteiger partial charge is 0.251 e. The molecule has 1 atom stereocenters. The average molecular weight is 344 g/mol. The number of hydrogen-bond donors (Lipinski definition) is 0. The molecule has 1 aromatic carbocycles. The van der Waals surface area contributed by atoms with Crippen LogP contribution >= 0.6 is 0 Å². The van der Waals surface area contributed by atoms with E-state index in [1.807, 2.05) is 6.92 Å². The molecule has 2 aromatic heterocycles. The summed E-state index contributed by atoms with van der Waals surface area (Å²) in [5, 5.41) is 12.2. The molecule has 1 aliphatic heterocycles. The molecule has 0 aliphatic carbocycles. The molecule has 0 spiro atoms. The quantitative estimate of drug-likeness (QED) is 0.708. The highest BCUT2D eigenvalue weighted by molar-refractivity contribution is 5.55. The maximum absolute atomic E-state index is 14.4. The molecule has 1 unspecified atom stereocenters. The van der Waals surface area contributed by atoms with Crippen LogP contribution in [0, 0.1) is 5.82 Å². The number of hydrogen-bond acceptors (Lipinski definition) is 6. The van der Waals surface area contributed by atoms with Crippen molar-refractivity contribution in [1.82, 2.24) is 20.0 Å². The molecule has 3 heterocycles. The van der Waals surface area contributed by atoms with Gasteiger partial charge >= 0.3 is 0 Å². The normalized spacial score (nSPS) is 20.2. The SMILES string of the molecule is CCOC1(c2nnc(-c3ccc(-n4cccn4)c(F)c3)o2)CCOC1. The number of ether oxygens (including phenoxy) is 2. The monoisotopic (exact) mass is 344 g/mol. The summed E-state index contributed by atoms with van der Waals surface area (Å²) in [5.41, 5.74) is 0.134. The lowest BCUT2D eigenvalue weighted by Crippen LogP contribution is -2.30. The van der Waals surface area contributed by atoms with Gasteiger partial charge in [-0.3, -0.25) is 0 Å². The van der Waals surface area contributed by atoms with Crippen molar-refractivity contribution >= 4 is 0 Å². The van der Waals surface area contributed by atoms with Crippen molar-refractivity contribution < 1.29 is 18.3 Å². The van der Waals surface area contributed by atoms with Gasteiger partial charge in [-0.05, 0) is 31.2 Å². The number of rotatable bonds is 5. The van der Waals surface area contributed by atoms with E-state index in [1.165, 1.54) is 10.7 Å². The number of benzene rings is 1. The summed E-state index contributed by atoms with van der Waals surface area (Å²) in [6.45, 7) is 3.36. The molecule has 0 saturated carbocycles. The maximum atomic E-state index is 14.4. The first kappa shape index (κ1) is 15.9. The zero-order valence-electron chi connectivity index (χ0n) is 13.7. The van der Waals surface area contributed by atoms with Crippen LogP contribution in [0.4, 0.5) is 4.39 Å². The molecule has 0 radical (unpaired) electrons. The summed E-state index contributed by atoms with van der Waals surface area (Å²) in [6, 6.07) is 6.43. The van der Waals surface area contributed by atoms with Crippen LogP contribution in [0.5, 0.6) is 0 Å². The van der Waals surface area contributed by atoms with E-state index in [0.717, 1.165) is 0 Å². The van der Waals surface area contributed by atoms with E-state index in [1.54, 1.807) is 30.6 Å². The minimum absolute atomic E-state index is 0.242. The van der Waals surface area contributed by atoms with Gasteiger partial charge < -0.3 is 13.9 Å². The predicted octanol–water partition coefficient (Wildman–Crippen LogP) is 2.71. The fourth-order valence-corrected chi connectivity index (χ4v) is 2.93. The predicted molar refractivity (Wildman–Crippen MR) is 85.6 cm³/mol. The van der Waals surface area contributed by atoms with Crippen LogP contribution in [0.2, 0.25) is 0 Å². The molecule has 130 valence electrons. The van der Waals surface area contributed by atoms with Gasteiger partial charge in [0.05, 0.1) is 13.2 Å². The van der Waals surface area contributed by atoms with Crippen LogP contribution in [0.1, 0.15) is 19.2 Å². The van der Waals surface area contributed by atoms with Gasteiger partial charge in [0.15, 0.2) is 5.60 Å². The maximum Gasteiger partial charge on any atom is 0.251 e. The van der Waals surface area contributed by atoms with Crippen molar-refractivity contribution in [2.45, 2.75) is 18.9 Å². The van der Waals surface area contributed by atoms with E-state index in [-0.39, 0.29) is 5.89 Å². The van der Waals surface area contributed by atoms with Gasteiger partial charge in [-0.2, -0.15) is 5.10 Å². The molecule has 1 fully saturated rings. The number of aromatic nitrogens is 4. The van der Waals surface area contributed by atoms with E-state index >= 15 is 0 Å². The lowest BCUT2D eigenvalue weighted by Gasteiger charge is -2.22. The minimum Gasteiger partial charge on any atom is -0.417 e. The Labute approximate surface area is 143 Å². The van der Waals surface area contributed by atoms with Crippen LogP contribution < -0.4 is 0 Å². The summed E-state index contributed by atoms with van der Waals surface area (Å²) in [6.07, 6.45) is 3.92. The Kier molecular flexibility index (Phi) is 4.06. The third-order valence-corrected chi connectivity index (χ3v) is 4.17. The Morgan fingerprint density at radius 1 is 1.36 bits per heavy atom. The lowest BCUT2D eigenvalue weighted by molar-refractivity contribution is -0.0657. The Hall–Kier alpha value is -2.58. The summed E-state index contributed by atoms with van der Waals surface area (Å²) < 4.78 is 32.9. The highest BCUT2D eigenvalue weighted by atomic mass is 19.1. The van der Waals surface area contributed by atoms with Crippen LogP contribution in [-0.4, -0.2) is 39.8 Å². The number of nitrogens with zero attached hydrogens (tertiary/aromatic N) is 4. The molecule has 25 heavy (non-hydrogen) atoms. The van der Waals surface area contributed by atoms with Gasteiger partial charge in [-0.1, -0.05) is 0 Å². The lowest BCUT2D eigenvalue weighted by atomic mass is 10.0. The first-order chi connectivity index (χ1) is 12.2. The van der Waals surface area contributed by atoms with E-state index in [2.05, 4.69) is 15.3 Å². The van der Waals surface area contributed by atoms with Gasteiger partial charge in [-0.15, -0.1) is 10.2 Å². The zero-order valence-corrected chi connectivity index (χ0v) is 13.7. The van der Waals surface area contributed by atoms with Crippen molar-refractivity contribution in [2.75, 3.05) is 19.8 Å². The number of halogens is 1. The third-order valence-electron chi connectivity index (χ3n) is 4.17. The third kappa shape index (κ3) is 2.83. The highest BCUT2D eigenvalue weighted by Crippen LogP contribution is 2.35. The van der Waals surface area contributed by atoms with Gasteiger partial charge in [0, 0.05) is 31.0 Å². The molecule has 3 aromatic rings. The second-order valence-electron chi connectivity index (χ2n) is 5.76. The summed E-state index contributed by atoms with van der Waals surface area (Å²) >= 11 is 0. The molecule has 1 aliphatic rings. The molecular weight excluding hydrogens is 327 g/mol. The summed E-state index contributed by atoms with van der Waals surface area (Å²) in [5.74, 6) is 0.176. The molecule has 0 amide bonds. The Bertz CT molecular complexity index is 857. The minimum atomic E-state index is -0.715. The second kappa shape index (κ2) is 6.38. The average Bonchev–Trinajstić information content (AvgIpc) is 3.36. The molecule has 0 bridgehead atoms. The molecule has 4 rings (SSSR count). The van der Waals surface area contributed by atoms with Gasteiger partial charge in [0.1, 0.15) is 11.5 Å². The molecule has 1 saturated heterocycles. The van der Waals surface area contributed by atoms with Crippen molar-refractivity contribution in [3.63, 3.8) is 0 Å². The first-order valence-electron chi connectivity index (χ1n) is 8.07. The highest BCUT2D eigenvalue weighted by Gasteiger charge is 2.43. The fourth-order valence-electron chi connectivity index (χ4n) is 2.93. The largest absolute Gasteiger partial charge is 0.417 e. The molecule has 7 nitrogen and oxygen atoms in total. The first-order valence-corrected chi connectivity index (χ1v) is 8.07. The van der Waals surface area contributed by atoms with Gasteiger partial charge in [0.25, 0.3) is 5.89 Å². The van der Waals surface area contributed by atoms with E-state index in [0.29, 0.717) is 43.4 Å². The zero-order chi connectivity index (χ0) is 17.3. The topological polar surface area (TPSA) is 75.2 Å². The van der Waals surface area contributed by atoms with E-state index in [4.69, 9.17) is 13.9 Å². The Morgan fingerprint density at radius 3 is 2.96 bits per heavy atom.